The highest BCUT2D eigenvalue weighted by atomic mass is 19.1. The van der Waals surface area contributed by atoms with Crippen molar-refractivity contribution in [3.05, 3.63) is 29.8 Å². The Balaban J connectivity index is 2.42. The molecule has 0 aliphatic carbocycles. The van der Waals surface area contributed by atoms with Gasteiger partial charge in [0, 0.05) is 6.07 Å². The van der Waals surface area contributed by atoms with Gasteiger partial charge in [0.05, 0.1) is 5.69 Å². The average Bonchev–Trinajstić information content (AvgIpc) is 2.21. The van der Waals surface area contributed by atoms with E-state index in [-0.39, 0.29) is 18.1 Å². The van der Waals surface area contributed by atoms with E-state index in [2.05, 4.69) is 5.32 Å². The number of hydrogen-bond acceptors (Lipinski definition) is 2. The minimum atomic E-state index is -1.09. The van der Waals surface area contributed by atoms with Crippen molar-refractivity contribution in [2.75, 3.05) is 11.4 Å². The molecule has 1 aliphatic rings. The molecular weight excluding hydrogens is 242 g/mol. The first-order valence-electron chi connectivity index (χ1n) is 5.39. The third-order valence-corrected chi connectivity index (χ3v) is 2.69. The van der Waals surface area contributed by atoms with Crippen molar-refractivity contribution >= 4 is 17.5 Å². The van der Waals surface area contributed by atoms with Crippen molar-refractivity contribution in [2.45, 2.75) is 19.4 Å². The molecule has 0 aromatic heterocycles. The number of rotatable bonds is 1. The van der Waals surface area contributed by atoms with Crippen molar-refractivity contribution in [1.29, 1.82) is 0 Å². The molecule has 1 heterocycles. The molecule has 1 fully saturated rings. The second-order valence-corrected chi connectivity index (χ2v) is 4.69. The minimum absolute atomic E-state index is 0.0421. The van der Waals surface area contributed by atoms with Crippen LogP contribution >= 0.6 is 0 Å². The van der Waals surface area contributed by atoms with Gasteiger partial charge in [0.2, 0.25) is 5.91 Å². The molecule has 1 aliphatic heterocycles. The lowest BCUT2D eigenvalue weighted by atomic mass is 10.00. The van der Waals surface area contributed by atoms with Crippen LogP contribution in [0.5, 0.6) is 0 Å². The number of carbonyl (C=O) groups is 2. The van der Waals surface area contributed by atoms with E-state index in [0.717, 1.165) is 17.0 Å². The predicted octanol–water partition coefficient (Wildman–Crippen LogP) is 1.21. The Morgan fingerprint density at radius 3 is 2.28 bits per heavy atom. The SMILES string of the molecule is CC1(C)NC(=O)CN(c2cc(F)cc(F)c2)C1=O. The van der Waals surface area contributed by atoms with Crippen molar-refractivity contribution in [3.63, 3.8) is 0 Å². The zero-order valence-corrected chi connectivity index (χ0v) is 9.96. The van der Waals surface area contributed by atoms with Crippen LogP contribution in [0.15, 0.2) is 18.2 Å². The van der Waals surface area contributed by atoms with E-state index in [1.165, 1.54) is 13.8 Å². The largest absolute Gasteiger partial charge is 0.341 e. The van der Waals surface area contributed by atoms with Crippen molar-refractivity contribution in [3.8, 4) is 0 Å². The smallest absolute Gasteiger partial charge is 0.252 e. The van der Waals surface area contributed by atoms with Gasteiger partial charge in [0.1, 0.15) is 23.7 Å². The van der Waals surface area contributed by atoms with Gasteiger partial charge in [-0.05, 0) is 26.0 Å². The van der Waals surface area contributed by atoms with E-state index in [1.54, 1.807) is 0 Å². The molecule has 0 spiro atoms. The highest BCUT2D eigenvalue weighted by Crippen LogP contribution is 2.23. The van der Waals surface area contributed by atoms with E-state index >= 15 is 0 Å². The standard InChI is InChI=1S/C12H12F2N2O2/c1-12(2)11(18)16(6-10(17)15-12)9-4-7(13)3-8(14)5-9/h3-5H,6H2,1-2H3,(H,15,17). The number of nitrogens with zero attached hydrogens (tertiary/aromatic N) is 1. The highest BCUT2D eigenvalue weighted by Gasteiger charge is 2.39. The maximum atomic E-state index is 13.1. The third-order valence-electron chi connectivity index (χ3n) is 2.69. The number of anilines is 1. The lowest BCUT2D eigenvalue weighted by Crippen LogP contribution is -2.64. The topological polar surface area (TPSA) is 49.4 Å². The van der Waals surface area contributed by atoms with Gasteiger partial charge in [-0.15, -0.1) is 0 Å². The molecule has 1 saturated heterocycles. The molecule has 2 amide bonds. The molecule has 1 N–H and O–H groups in total. The Kier molecular flexibility index (Phi) is 2.80. The van der Waals surface area contributed by atoms with Crippen LogP contribution in [0.4, 0.5) is 14.5 Å². The predicted molar refractivity (Wildman–Crippen MR) is 60.9 cm³/mol. The lowest BCUT2D eigenvalue weighted by molar-refractivity contribution is -0.134. The number of halogens is 2. The highest BCUT2D eigenvalue weighted by molar-refractivity contribution is 6.08. The van der Waals surface area contributed by atoms with Crippen LogP contribution in [0, 0.1) is 11.6 Å². The molecule has 6 heteroatoms. The molecule has 4 nitrogen and oxygen atoms in total. The first-order valence-corrected chi connectivity index (χ1v) is 5.39. The van der Waals surface area contributed by atoms with Crippen molar-refractivity contribution < 1.29 is 18.4 Å². The lowest BCUT2D eigenvalue weighted by Gasteiger charge is -2.37. The van der Waals surface area contributed by atoms with Crippen LogP contribution in [-0.4, -0.2) is 23.9 Å². The summed E-state index contributed by atoms with van der Waals surface area (Å²) in [5, 5.41) is 2.52. The Morgan fingerprint density at radius 1 is 1.17 bits per heavy atom. The fourth-order valence-electron chi connectivity index (χ4n) is 1.90. The number of hydrogen-bond donors (Lipinski definition) is 1. The summed E-state index contributed by atoms with van der Waals surface area (Å²) in [5.41, 5.74) is -1.04. The van der Waals surface area contributed by atoms with Gasteiger partial charge >= 0.3 is 0 Å². The zero-order chi connectivity index (χ0) is 13.5. The summed E-state index contributed by atoms with van der Waals surface area (Å²) < 4.78 is 26.2. The summed E-state index contributed by atoms with van der Waals surface area (Å²) in [6, 6.07) is 2.76. The van der Waals surface area contributed by atoms with Gasteiger partial charge < -0.3 is 10.2 Å². The van der Waals surface area contributed by atoms with Crippen LogP contribution in [0.1, 0.15) is 13.8 Å². The molecule has 0 radical (unpaired) electrons. The Morgan fingerprint density at radius 2 is 1.72 bits per heavy atom. The molecule has 0 saturated carbocycles. The fourth-order valence-corrected chi connectivity index (χ4v) is 1.90. The Hall–Kier alpha value is -1.98. The quantitative estimate of drug-likeness (QED) is 0.818. The molecule has 0 atom stereocenters. The van der Waals surface area contributed by atoms with E-state index < -0.39 is 23.1 Å². The second kappa shape index (κ2) is 4.04. The summed E-state index contributed by atoms with van der Waals surface area (Å²) in [5.74, 6) is -2.36. The number of benzene rings is 1. The van der Waals surface area contributed by atoms with Crippen LogP contribution < -0.4 is 10.2 Å². The van der Waals surface area contributed by atoms with Gasteiger partial charge in [-0.3, -0.25) is 9.59 Å². The number of piperazine rings is 1. The summed E-state index contributed by atoms with van der Waals surface area (Å²) in [4.78, 5) is 24.6. The number of carbonyl (C=O) groups excluding carboxylic acids is 2. The maximum absolute atomic E-state index is 13.1. The first kappa shape index (κ1) is 12.5. The van der Waals surface area contributed by atoms with E-state index in [9.17, 15) is 18.4 Å². The van der Waals surface area contributed by atoms with Gasteiger partial charge in [-0.2, -0.15) is 0 Å². The van der Waals surface area contributed by atoms with E-state index in [0.29, 0.717) is 6.07 Å². The third kappa shape index (κ3) is 2.18. The summed E-state index contributed by atoms with van der Waals surface area (Å²) in [6.07, 6.45) is 0. The molecule has 0 unspecified atom stereocenters. The van der Waals surface area contributed by atoms with E-state index in [1.807, 2.05) is 0 Å². The molecule has 1 aromatic rings. The Bertz CT molecular complexity index is 509. The van der Waals surface area contributed by atoms with Crippen LogP contribution in [-0.2, 0) is 9.59 Å². The second-order valence-electron chi connectivity index (χ2n) is 4.69. The minimum Gasteiger partial charge on any atom is -0.341 e. The first-order chi connectivity index (χ1) is 8.29. The van der Waals surface area contributed by atoms with E-state index in [4.69, 9.17) is 0 Å². The average molecular weight is 254 g/mol. The van der Waals surface area contributed by atoms with Crippen molar-refractivity contribution in [2.24, 2.45) is 0 Å². The number of amides is 2. The van der Waals surface area contributed by atoms with Gasteiger partial charge in [-0.1, -0.05) is 0 Å². The summed E-state index contributed by atoms with van der Waals surface area (Å²) in [6.45, 7) is 2.83. The van der Waals surface area contributed by atoms with Crippen LogP contribution in [0.3, 0.4) is 0 Å². The monoisotopic (exact) mass is 254 g/mol. The van der Waals surface area contributed by atoms with Crippen LogP contribution in [0.25, 0.3) is 0 Å². The molecule has 18 heavy (non-hydrogen) atoms. The summed E-state index contributed by atoms with van der Waals surface area (Å²) >= 11 is 0. The normalized spacial score (nSPS) is 18.8. The molecule has 96 valence electrons. The molecule has 0 bridgehead atoms. The summed E-state index contributed by atoms with van der Waals surface area (Å²) in [7, 11) is 0. The van der Waals surface area contributed by atoms with Crippen LogP contribution in [0.2, 0.25) is 0 Å². The molecular formula is C12H12F2N2O2. The molecule has 1 aromatic carbocycles. The zero-order valence-electron chi connectivity index (χ0n) is 9.96. The maximum Gasteiger partial charge on any atom is 0.252 e. The molecule has 2 rings (SSSR count). The van der Waals surface area contributed by atoms with Crippen molar-refractivity contribution in [1.82, 2.24) is 5.32 Å². The fraction of sp³-hybridized carbons (Fsp3) is 0.333. The Labute approximate surface area is 103 Å². The van der Waals surface area contributed by atoms with Gasteiger partial charge in [0.25, 0.3) is 5.91 Å². The van der Waals surface area contributed by atoms with Gasteiger partial charge in [0.15, 0.2) is 0 Å². The van der Waals surface area contributed by atoms with Gasteiger partial charge in [-0.25, -0.2) is 8.78 Å². The number of nitrogens with one attached hydrogen (secondary N) is 1.